The van der Waals surface area contributed by atoms with E-state index in [-0.39, 0.29) is 17.1 Å². The Morgan fingerprint density at radius 2 is 2.21 bits per heavy atom. The first-order chi connectivity index (χ1) is 6.43. The molecule has 0 aromatic rings. The largest absolute Gasteiger partial charge is 0.285 e. The van der Waals surface area contributed by atoms with Crippen LogP contribution in [0.4, 0.5) is 0 Å². The number of Topliss-reactive ketones (excluding diaryl/α,β-unsaturated/α-hetero) is 1. The summed E-state index contributed by atoms with van der Waals surface area (Å²) < 4.78 is 0. The maximum atomic E-state index is 10.8. The first-order valence-electron chi connectivity index (χ1n) is 5.13. The second-order valence-corrected chi connectivity index (χ2v) is 4.76. The highest BCUT2D eigenvalue weighted by Crippen LogP contribution is 2.42. The smallest absolute Gasteiger partial charge is 0.202 e. The van der Waals surface area contributed by atoms with Crippen LogP contribution in [0.1, 0.15) is 40.0 Å². The summed E-state index contributed by atoms with van der Waals surface area (Å²) in [6.07, 6.45) is 3.42. The van der Waals surface area contributed by atoms with Crippen LogP contribution >= 0.6 is 0 Å². The third-order valence-corrected chi connectivity index (χ3v) is 2.90. The van der Waals surface area contributed by atoms with Crippen LogP contribution in [-0.2, 0) is 4.79 Å². The molecule has 0 N–H and O–H groups in total. The lowest BCUT2D eigenvalue weighted by Crippen LogP contribution is -2.28. The molecule has 1 saturated carbocycles. The fraction of sp³-hybridized carbons (Fsp3) is 0.615. The molecule has 1 atom stereocenters. The van der Waals surface area contributed by atoms with Gasteiger partial charge in [0.1, 0.15) is 0 Å². The summed E-state index contributed by atoms with van der Waals surface area (Å²) in [6, 6.07) is 0. The first kappa shape index (κ1) is 11.0. The van der Waals surface area contributed by atoms with Crippen molar-refractivity contribution in [2.45, 2.75) is 40.0 Å². The van der Waals surface area contributed by atoms with E-state index in [4.69, 9.17) is 0 Å². The van der Waals surface area contributed by atoms with Gasteiger partial charge in [0.05, 0.1) is 0 Å². The van der Waals surface area contributed by atoms with Crippen molar-refractivity contribution in [3.8, 4) is 11.8 Å². The predicted molar refractivity (Wildman–Crippen MR) is 58.7 cm³/mol. The lowest BCUT2D eigenvalue weighted by atomic mass is 9.67. The molecule has 1 fully saturated rings. The van der Waals surface area contributed by atoms with E-state index in [1.54, 1.807) is 0 Å². The SMILES string of the molecule is C=C1CCCC(C)(C)C1C#CC(C)=O. The maximum Gasteiger partial charge on any atom is 0.202 e. The fourth-order valence-corrected chi connectivity index (χ4v) is 2.08. The van der Waals surface area contributed by atoms with Gasteiger partial charge in [-0.1, -0.05) is 31.9 Å². The molecule has 0 radical (unpaired) electrons. The normalized spacial score (nSPS) is 25.1. The molecule has 0 aromatic carbocycles. The van der Waals surface area contributed by atoms with Crippen molar-refractivity contribution in [1.29, 1.82) is 0 Å². The summed E-state index contributed by atoms with van der Waals surface area (Å²) in [5, 5.41) is 0. The number of carbonyl (C=O) groups is 1. The lowest BCUT2D eigenvalue weighted by molar-refractivity contribution is -0.111. The van der Waals surface area contributed by atoms with Gasteiger partial charge in [0.15, 0.2) is 0 Å². The summed E-state index contributed by atoms with van der Waals surface area (Å²) in [7, 11) is 0. The van der Waals surface area contributed by atoms with Gasteiger partial charge in [0.25, 0.3) is 0 Å². The van der Waals surface area contributed by atoms with Crippen molar-refractivity contribution in [2.24, 2.45) is 11.3 Å². The minimum atomic E-state index is -0.0563. The molecule has 0 aliphatic heterocycles. The molecule has 1 aliphatic rings. The Morgan fingerprint density at radius 3 is 2.71 bits per heavy atom. The van der Waals surface area contributed by atoms with E-state index in [1.165, 1.54) is 25.3 Å². The van der Waals surface area contributed by atoms with Gasteiger partial charge in [0, 0.05) is 12.8 Å². The van der Waals surface area contributed by atoms with Crippen molar-refractivity contribution in [2.75, 3.05) is 0 Å². The van der Waals surface area contributed by atoms with E-state index in [2.05, 4.69) is 32.3 Å². The van der Waals surface area contributed by atoms with Crippen LogP contribution in [0.25, 0.3) is 0 Å². The molecule has 0 aromatic heterocycles. The molecule has 0 spiro atoms. The van der Waals surface area contributed by atoms with Crippen LogP contribution in [0, 0.1) is 23.2 Å². The maximum absolute atomic E-state index is 10.8. The molecule has 1 heteroatoms. The van der Waals surface area contributed by atoms with E-state index >= 15 is 0 Å². The Labute approximate surface area is 86.6 Å². The topological polar surface area (TPSA) is 17.1 Å². The summed E-state index contributed by atoms with van der Waals surface area (Å²) in [4.78, 5) is 10.8. The molecule has 1 aliphatic carbocycles. The lowest BCUT2D eigenvalue weighted by Gasteiger charge is -2.37. The van der Waals surface area contributed by atoms with Gasteiger partial charge in [-0.25, -0.2) is 0 Å². The third-order valence-electron chi connectivity index (χ3n) is 2.90. The second kappa shape index (κ2) is 4.00. The zero-order valence-electron chi connectivity index (χ0n) is 9.31. The summed E-state index contributed by atoms with van der Waals surface area (Å²) >= 11 is 0. The van der Waals surface area contributed by atoms with Crippen LogP contribution in [-0.4, -0.2) is 5.78 Å². The Hall–Kier alpha value is -1.03. The van der Waals surface area contributed by atoms with Crippen molar-refractivity contribution in [3.63, 3.8) is 0 Å². The molecule has 0 heterocycles. The third kappa shape index (κ3) is 2.48. The Bertz CT molecular complexity index is 312. The van der Waals surface area contributed by atoms with Gasteiger partial charge in [-0.05, 0) is 30.6 Å². The van der Waals surface area contributed by atoms with Gasteiger partial charge in [-0.15, -0.1) is 0 Å². The molecule has 0 bridgehead atoms. The minimum absolute atomic E-state index is 0.0563. The standard InChI is InChI=1S/C13H18O/c1-10-6-5-9-13(3,4)12(10)8-7-11(2)14/h12H,1,5-6,9H2,2-4H3. The van der Waals surface area contributed by atoms with E-state index in [0.29, 0.717) is 0 Å². The van der Waals surface area contributed by atoms with Crippen LogP contribution in [0.3, 0.4) is 0 Å². The van der Waals surface area contributed by atoms with Crippen LogP contribution in [0.15, 0.2) is 12.2 Å². The van der Waals surface area contributed by atoms with Crippen molar-refractivity contribution < 1.29 is 4.79 Å². The molecule has 0 saturated heterocycles. The van der Waals surface area contributed by atoms with Gasteiger partial charge in [0.2, 0.25) is 5.78 Å². The highest BCUT2D eigenvalue weighted by atomic mass is 16.1. The highest BCUT2D eigenvalue weighted by Gasteiger charge is 2.33. The van der Waals surface area contributed by atoms with E-state index in [0.717, 1.165) is 6.42 Å². The van der Waals surface area contributed by atoms with E-state index < -0.39 is 0 Å². The average Bonchev–Trinajstić information content (AvgIpc) is 2.01. The van der Waals surface area contributed by atoms with Crippen molar-refractivity contribution in [1.82, 2.24) is 0 Å². The first-order valence-corrected chi connectivity index (χ1v) is 5.13. The zero-order chi connectivity index (χ0) is 10.8. The summed E-state index contributed by atoms with van der Waals surface area (Å²) in [5.41, 5.74) is 1.37. The highest BCUT2D eigenvalue weighted by molar-refractivity contribution is 5.93. The van der Waals surface area contributed by atoms with Gasteiger partial charge >= 0.3 is 0 Å². The zero-order valence-corrected chi connectivity index (χ0v) is 9.31. The van der Waals surface area contributed by atoms with Gasteiger partial charge in [-0.2, -0.15) is 0 Å². The van der Waals surface area contributed by atoms with Crippen LogP contribution in [0.2, 0.25) is 0 Å². The molecular weight excluding hydrogens is 172 g/mol. The number of hydrogen-bond acceptors (Lipinski definition) is 1. The average molecular weight is 190 g/mol. The molecule has 1 rings (SSSR count). The Balaban J connectivity index is 2.88. The van der Waals surface area contributed by atoms with E-state index in [1.807, 2.05) is 0 Å². The van der Waals surface area contributed by atoms with Crippen LogP contribution < -0.4 is 0 Å². The number of allylic oxidation sites excluding steroid dienone is 1. The predicted octanol–water partition coefficient (Wildman–Crippen LogP) is 2.96. The monoisotopic (exact) mass is 190 g/mol. The minimum Gasteiger partial charge on any atom is -0.285 e. The van der Waals surface area contributed by atoms with Crippen molar-refractivity contribution >= 4 is 5.78 Å². The number of rotatable bonds is 0. The molecular formula is C13H18O. The van der Waals surface area contributed by atoms with Crippen molar-refractivity contribution in [3.05, 3.63) is 12.2 Å². The number of carbonyl (C=O) groups excluding carboxylic acids is 1. The Morgan fingerprint density at radius 1 is 1.57 bits per heavy atom. The molecule has 1 nitrogen and oxygen atoms in total. The molecule has 76 valence electrons. The number of hydrogen-bond donors (Lipinski definition) is 0. The van der Waals surface area contributed by atoms with Gasteiger partial charge < -0.3 is 0 Å². The Kier molecular flexibility index (Phi) is 3.16. The summed E-state index contributed by atoms with van der Waals surface area (Å²) in [6.45, 7) is 9.97. The van der Waals surface area contributed by atoms with Gasteiger partial charge in [-0.3, -0.25) is 4.79 Å². The second-order valence-electron chi connectivity index (χ2n) is 4.76. The molecule has 1 unspecified atom stereocenters. The fourth-order valence-electron chi connectivity index (χ4n) is 2.08. The summed E-state index contributed by atoms with van der Waals surface area (Å²) in [5.74, 6) is 5.85. The quantitative estimate of drug-likeness (QED) is 0.326. The van der Waals surface area contributed by atoms with E-state index in [9.17, 15) is 4.79 Å². The molecule has 14 heavy (non-hydrogen) atoms. The van der Waals surface area contributed by atoms with Crippen LogP contribution in [0.5, 0.6) is 0 Å². The number of ketones is 1. The molecule has 0 amide bonds.